The molecule has 0 unspecified atom stereocenters. The number of aryl methyl sites for hydroxylation is 2. The van der Waals surface area contributed by atoms with Crippen LogP contribution < -0.4 is 5.32 Å². The zero-order valence-electron chi connectivity index (χ0n) is 8.30. The summed E-state index contributed by atoms with van der Waals surface area (Å²) in [4.78, 5) is 0. The smallest absolute Gasteiger partial charge is 0.0376 e. The average molecular weight is 183 g/mol. The van der Waals surface area contributed by atoms with Gasteiger partial charge in [-0.2, -0.15) is 0 Å². The largest absolute Gasteiger partial charge is 0.388 e. The fourth-order valence-electron chi connectivity index (χ4n) is 2.50. The van der Waals surface area contributed by atoms with Crippen LogP contribution in [-0.2, 0) is 12.8 Å². The van der Waals surface area contributed by atoms with E-state index in [-0.39, 0.29) is 0 Å². The van der Waals surface area contributed by atoms with E-state index in [1.807, 2.05) is 7.05 Å². The summed E-state index contributed by atoms with van der Waals surface area (Å²) in [6.07, 6.45) is 2.39. The van der Waals surface area contributed by atoms with Gasteiger partial charge in [-0.1, -0.05) is 24.3 Å². The molecular weight excluding hydrogens is 170 g/mol. The van der Waals surface area contributed by atoms with Gasteiger partial charge in [0.2, 0.25) is 0 Å². The molecule has 0 spiro atoms. The molecule has 0 fully saturated rings. The van der Waals surface area contributed by atoms with Gasteiger partial charge in [-0.05, 0) is 40.8 Å². The van der Waals surface area contributed by atoms with Crippen LogP contribution in [0.4, 0.5) is 5.69 Å². The van der Waals surface area contributed by atoms with Crippen LogP contribution in [0.15, 0.2) is 30.3 Å². The number of hydrogen-bond donors (Lipinski definition) is 1. The minimum absolute atomic E-state index is 1.19. The van der Waals surface area contributed by atoms with Gasteiger partial charge in [-0.25, -0.2) is 0 Å². The minimum Gasteiger partial charge on any atom is -0.388 e. The zero-order chi connectivity index (χ0) is 9.54. The molecule has 1 nitrogen and oxygen atoms in total. The first kappa shape index (κ1) is 7.86. The van der Waals surface area contributed by atoms with Gasteiger partial charge in [-0.15, -0.1) is 0 Å². The average Bonchev–Trinajstić information content (AvgIpc) is 2.66. The summed E-state index contributed by atoms with van der Waals surface area (Å²) in [6.45, 7) is 0. The first-order valence-corrected chi connectivity index (χ1v) is 5.11. The van der Waals surface area contributed by atoms with Crippen molar-refractivity contribution in [3.8, 4) is 0 Å². The van der Waals surface area contributed by atoms with E-state index in [1.165, 1.54) is 40.4 Å². The maximum atomic E-state index is 3.27. The summed E-state index contributed by atoms with van der Waals surface area (Å²) in [5.74, 6) is 0. The Labute approximate surface area is 83.8 Å². The van der Waals surface area contributed by atoms with E-state index >= 15 is 0 Å². The normalized spacial score (nSPS) is 13.5. The molecular formula is C13H13N. The van der Waals surface area contributed by atoms with Gasteiger partial charge in [0.15, 0.2) is 0 Å². The van der Waals surface area contributed by atoms with Crippen LogP contribution in [0.25, 0.3) is 10.8 Å². The van der Waals surface area contributed by atoms with Gasteiger partial charge in [0.25, 0.3) is 0 Å². The lowest BCUT2D eigenvalue weighted by molar-refractivity contribution is 1.02. The highest BCUT2D eigenvalue weighted by atomic mass is 14.8. The van der Waals surface area contributed by atoms with Crippen LogP contribution in [0, 0.1) is 0 Å². The van der Waals surface area contributed by atoms with E-state index in [2.05, 4.69) is 35.6 Å². The highest BCUT2D eigenvalue weighted by Gasteiger charge is 2.16. The standard InChI is InChI=1S/C13H13N/c1-14-12-8-6-10-4-2-3-9-5-7-11(12)13(9)10/h2-4,6,8,14H,5,7H2,1H3. The Kier molecular flexibility index (Phi) is 1.54. The highest BCUT2D eigenvalue weighted by Crippen LogP contribution is 2.35. The van der Waals surface area contributed by atoms with Crippen LogP contribution in [0.1, 0.15) is 11.1 Å². The van der Waals surface area contributed by atoms with Crippen molar-refractivity contribution in [1.29, 1.82) is 0 Å². The summed E-state index contributed by atoms with van der Waals surface area (Å²) in [7, 11) is 2.00. The predicted octanol–water partition coefficient (Wildman–Crippen LogP) is 2.98. The van der Waals surface area contributed by atoms with Gasteiger partial charge in [-0.3, -0.25) is 0 Å². The number of rotatable bonds is 1. The van der Waals surface area contributed by atoms with E-state index in [9.17, 15) is 0 Å². The van der Waals surface area contributed by atoms with Crippen LogP contribution >= 0.6 is 0 Å². The molecule has 0 aromatic heterocycles. The van der Waals surface area contributed by atoms with Crippen molar-refractivity contribution in [2.24, 2.45) is 0 Å². The fourth-order valence-corrected chi connectivity index (χ4v) is 2.50. The summed E-state index contributed by atoms with van der Waals surface area (Å²) in [5, 5.41) is 6.14. The summed E-state index contributed by atoms with van der Waals surface area (Å²) in [6, 6.07) is 11.0. The quantitative estimate of drug-likeness (QED) is 0.716. The van der Waals surface area contributed by atoms with E-state index in [1.54, 1.807) is 0 Å². The Bertz CT molecular complexity index is 500. The molecule has 0 bridgehead atoms. The van der Waals surface area contributed by atoms with Crippen molar-refractivity contribution in [1.82, 2.24) is 0 Å². The molecule has 0 saturated heterocycles. The third-order valence-corrected chi connectivity index (χ3v) is 3.15. The molecule has 0 heterocycles. The number of anilines is 1. The molecule has 1 heteroatoms. The third-order valence-electron chi connectivity index (χ3n) is 3.15. The second-order valence-electron chi connectivity index (χ2n) is 3.86. The lowest BCUT2D eigenvalue weighted by atomic mass is 10.0. The second-order valence-corrected chi connectivity index (χ2v) is 3.86. The maximum Gasteiger partial charge on any atom is 0.0376 e. The topological polar surface area (TPSA) is 12.0 Å². The molecule has 0 radical (unpaired) electrons. The molecule has 0 atom stereocenters. The summed E-state index contributed by atoms with van der Waals surface area (Å²) >= 11 is 0. The minimum atomic E-state index is 1.19. The van der Waals surface area contributed by atoms with E-state index in [0.717, 1.165) is 0 Å². The predicted molar refractivity (Wildman–Crippen MR) is 60.9 cm³/mol. The van der Waals surface area contributed by atoms with Gasteiger partial charge >= 0.3 is 0 Å². The van der Waals surface area contributed by atoms with Crippen LogP contribution in [-0.4, -0.2) is 7.05 Å². The van der Waals surface area contributed by atoms with Gasteiger partial charge in [0, 0.05) is 12.7 Å². The molecule has 2 aromatic carbocycles. The summed E-state index contributed by atoms with van der Waals surface area (Å²) < 4.78 is 0. The lowest BCUT2D eigenvalue weighted by Crippen LogP contribution is -1.93. The van der Waals surface area contributed by atoms with Gasteiger partial charge in [0.05, 0.1) is 0 Å². The molecule has 1 aliphatic rings. The first-order valence-electron chi connectivity index (χ1n) is 5.11. The van der Waals surface area contributed by atoms with Gasteiger partial charge < -0.3 is 5.32 Å². The monoisotopic (exact) mass is 183 g/mol. The highest BCUT2D eigenvalue weighted by molar-refractivity contribution is 5.94. The number of benzene rings is 2. The first-order chi connectivity index (χ1) is 6.90. The van der Waals surface area contributed by atoms with E-state index in [0.29, 0.717) is 0 Å². The molecule has 3 rings (SSSR count). The maximum absolute atomic E-state index is 3.27. The van der Waals surface area contributed by atoms with Gasteiger partial charge in [0.1, 0.15) is 0 Å². The van der Waals surface area contributed by atoms with Crippen molar-refractivity contribution in [2.75, 3.05) is 12.4 Å². The molecule has 14 heavy (non-hydrogen) atoms. The Morgan fingerprint density at radius 1 is 1.07 bits per heavy atom. The molecule has 2 aromatic rings. The third kappa shape index (κ3) is 0.897. The van der Waals surface area contributed by atoms with Crippen LogP contribution in [0.3, 0.4) is 0 Å². The Morgan fingerprint density at radius 2 is 2.00 bits per heavy atom. The zero-order valence-corrected chi connectivity index (χ0v) is 8.30. The van der Waals surface area contributed by atoms with Crippen molar-refractivity contribution in [2.45, 2.75) is 12.8 Å². The van der Waals surface area contributed by atoms with Crippen molar-refractivity contribution in [3.05, 3.63) is 41.5 Å². The molecule has 1 aliphatic carbocycles. The molecule has 0 saturated carbocycles. The molecule has 1 N–H and O–H groups in total. The summed E-state index contributed by atoms with van der Waals surface area (Å²) in [5.41, 5.74) is 4.30. The number of nitrogens with one attached hydrogen (secondary N) is 1. The van der Waals surface area contributed by atoms with Crippen LogP contribution in [0.5, 0.6) is 0 Å². The molecule has 0 aliphatic heterocycles. The Balaban J connectivity index is 2.45. The lowest BCUT2D eigenvalue weighted by Gasteiger charge is -2.07. The van der Waals surface area contributed by atoms with Crippen molar-refractivity contribution < 1.29 is 0 Å². The van der Waals surface area contributed by atoms with Crippen molar-refractivity contribution in [3.63, 3.8) is 0 Å². The number of hydrogen-bond acceptors (Lipinski definition) is 1. The Morgan fingerprint density at radius 3 is 2.86 bits per heavy atom. The van der Waals surface area contributed by atoms with E-state index in [4.69, 9.17) is 0 Å². The fraction of sp³-hybridized carbons (Fsp3) is 0.231. The van der Waals surface area contributed by atoms with Crippen LogP contribution in [0.2, 0.25) is 0 Å². The van der Waals surface area contributed by atoms with E-state index < -0.39 is 0 Å². The SMILES string of the molecule is CNc1ccc2cccc3c2c1CC3. The molecule has 70 valence electrons. The Hall–Kier alpha value is -1.50. The van der Waals surface area contributed by atoms with Crippen molar-refractivity contribution >= 4 is 16.5 Å². The second kappa shape index (κ2) is 2.74. The molecule has 0 amide bonds.